The number of carbonyl (C=O) groups is 1. The zero-order chi connectivity index (χ0) is 20.0. The van der Waals surface area contributed by atoms with Crippen molar-refractivity contribution in [1.29, 1.82) is 0 Å². The minimum Gasteiger partial charge on any atom is -0.497 e. The van der Waals surface area contributed by atoms with E-state index in [1.165, 1.54) is 0 Å². The summed E-state index contributed by atoms with van der Waals surface area (Å²) in [4.78, 5) is 23.0. The van der Waals surface area contributed by atoms with Crippen molar-refractivity contribution in [1.82, 2.24) is 14.9 Å². The first-order chi connectivity index (χ1) is 14.1. The number of amides is 1. The molecule has 0 saturated carbocycles. The number of aromatic amines is 1. The largest absolute Gasteiger partial charge is 0.497 e. The van der Waals surface area contributed by atoms with E-state index in [0.717, 1.165) is 45.7 Å². The average Bonchev–Trinajstić information content (AvgIpc) is 3.39. The van der Waals surface area contributed by atoms with E-state index in [9.17, 15) is 4.79 Å². The Labute approximate surface area is 168 Å². The van der Waals surface area contributed by atoms with E-state index in [1.54, 1.807) is 13.4 Å². The van der Waals surface area contributed by atoms with Crippen LogP contribution < -0.4 is 4.74 Å². The Bertz CT molecular complexity index is 1190. The van der Waals surface area contributed by atoms with Crippen molar-refractivity contribution in [3.05, 3.63) is 83.1 Å². The van der Waals surface area contributed by atoms with Gasteiger partial charge in [0.1, 0.15) is 17.4 Å². The molecule has 5 rings (SSSR count). The normalized spacial score (nSPS) is 16.1. The van der Waals surface area contributed by atoms with Crippen LogP contribution in [0.15, 0.2) is 59.3 Å². The highest BCUT2D eigenvalue weighted by molar-refractivity contribution is 5.96. The van der Waals surface area contributed by atoms with Crippen LogP contribution in [0, 0.1) is 6.92 Å². The van der Waals surface area contributed by atoms with Crippen molar-refractivity contribution >= 4 is 16.9 Å². The zero-order valence-electron chi connectivity index (χ0n) is 16.3. The number of aryl methyl sites for hydroxylation is 1. The zero-order valence-corrected chi connectivity index (χ0v) is 16.3. The van der Waals surface area contributed by atoms with Crippen molar-refractivity contribution in [2.75, 3.05) is 13.7 Å². The number of hydrogen-bond acceptors (Lipinski definition) is 4. The molecule has 0 fully saturated rings. The first-order valence-electron chi connectivity index (χ1n) is 9.61. The Morgan fingerprint density at radius 3 is 2.83 bits per heavy atom. The van der Waals surface area contributed by atoms with E-state index < -0.39 is 0 Å². The Morgan fingerprint density at radius 2 is 2.03 bits per heavy atom. The minimum atomic E-state index is -0.279. The Balaban J connectivity index is 1.56. The summed E-state index contributed by atoms with van der Waals surface area (Å²) in [5, 5.41) is 0.937. The number of rotatable bonds is 3. The topological polar surface area (TPSA) is 71.4 Å². The third-order valence-electron chi connectivity index (χ3n) is 5.50. The van der Waals surface area contributed by atoms with E-state index in [4.69, 9.17) is 9.15 Å². The predicted molar refractivity (Wildman–Crippen MR) is 109 cm³/mol. The van der Waals surface area contributed by atoms with Gasteiger partial charge in [-0.05, 0) is 42.8 Å². The second-order valence-corrected chi connectivity index (χ2v) is 7.34. The number of imidazole rings is 1. The second kappa shape index (κ2) is 6.81. The van der Waals surface area contributed by atoms with Gasteiger partial charge in [-0.2, -0.15) is 0 Å². The van der Waals surface area contributed by atoms with Gasteiger partial charge in [-0.25, -0.2) is 4.98 Å². The third-order valence-corrected chi connectivity index (χ3v) is 5.50. The lowest BCUT2D eigenvalue weighted by Gasteiger charge is -2.34. The number of aromatic nitrogens is 2. The number of benzene rings is 2. The van der Waals surface area contributed by atoms with E-state index in [2.05, 4.69) is 9.97 Å². The van der Waals surface area contributed by atoms with Gasteiger partial charge in [0.05, 0.1) is 19.1 Å². The summed E-state index contributed by atoms with van der Waals surface area (Å²) in [6.07, 6.45) is 2.42. The summed E-state index contributed by atoms with van der Waals surface area (Å²) in [5.41, 5.74) is 4.78. The highest BCUT2D eigenvalue weighted by Crippen LogP contribution is 2.35. The van der Waals surface area contributed by atoms with Gasteiger partial charge in [0.2, 0.25) is 0 Å². The lowest BCUT2D eigenvalue weighted by molar-refractivity contribution is 0.0660. The summed E-state index contributed by atoms with van der Waals surface area (Å²) in [7, 11) is 1.64. The summed E-state index contributed by atoms with van der Waals surface area (Å²) in [5.74, 6) is 0.994. The number of nitrogens with one attached hydrogen (secondary N) is 1. The molecule has 1 amide bonds. The molecule has 0 radical (unpaired) electrons. The van der Waals surface area contributed by atoms with Crippen LogP contribution in [-0.4, -0.2) is 34.4 Å². The van der Waals surface area contributed by atoms with E-state index in [1.807, 2.05) is 60.4 Å². The number of ether oxygens (including phenoxy) is 1. The Morgan fingerprint density at radius 1 is 1.21 bits per heavy atom. The highest BCUT2D eigenvalue weighted by atomic mass is 16.5. The number of fused-ring (bicyclic) bond motifs is 2. The fraction of sp³-hybridized carbons (Fsp3) is 0.217. The molecule has 1 N–H and O–H groups in total. The van der Waals surface area contributed by atoms with Gasteiger partial charge >= 0.3 is 0 Å². The van der Waals surface area contributed by atoms with Crippen LogP contribution in [0.5, 0.6) is 5.75 Å². The van der Waals surface area contributed by atoms with Crippen molar-refractivity contribution < 1.29 is 13.9 Å². The molecule has 29 heavy (non-hydrogen) atoms. The molecule has 0 aliphatic carbocycles. The molecule has 0 bridgehead atoms. The van der Waals surface area contributed by atoms with E-state index >= 15 is 0 Å². The van der Waals surface area contributed by atoms with E-state index in [-0.39, 0.29) is 11.9 Å². The molecule has 1 aliphatic heterocycles. The molecule has 3 heterocycles. The first kappa shape index (κ1) is 17.6. The summed E-state index contributed by atoms with van der Waals surface area (Å²) in [6, 6.07) is 15.2. The molecule has 146 valence electrons. The molecule has 6 nitrogen and oxygen atoms in total. The van der Waals surface area contributed by atoms with Crippen molar-refractivity contribution in [2.45, 2.75) is 19.4 Å². The van der Waals surface area contributed by atoms with Crippen LogP contribution >= 0.6 is 0 Å². The van der Waals surface area contributed by atoms with E-state index in [0.29, 0.717) is 12.3 Å². The number of furan rings is 1. The van der Waals surface area contributed by atoms with Gasteiger partial charge in [0, 0.05) is 24.0 Å². The maximum atomic E-state index is 13.5. The third kappa shape index (κ3) is 2.97. The second-order valence-electron chi connectivity index (χ2n) is 7.34. The molecule has 1 unspecified atom stereocenters. The molecule has 6 heteroatoms. The quantitative estimate of drug-likeness (QED) is 0.570. The van der Waals surface area contributed by atoms with Crippen molar-refractivity contribution in [3.8, 4) is 5.75 Å². The highest BCUT2D eigenvalue weighted by Gasteiger charge is 2.35. The van der Waals surface area contributed by atoms with Gasteiger partial charge in [-0.1, -0.05) is 23.8 Å². The van der Waals surface area contributed by atoms with Crippen molar-refractivity contribution in [3.63, 3.8) is 0 Å². The average molecular weight is 387 g/mol. The van der Waals surface area contributed by atoms with Gasteiger partial charge in [0.25, 0.3) is 5.91 Å². The summed E-state index contributed by atoms with van der Waals surface area (Å²) >= 11 is 0. The monoisotopic (exact) mass is 387 g/mol. The Hall–Kier alpha value is -3.54. The van der Waals surface area contributed by atoms with Gasteiger partial charge in [0.15, 0.2) is 5.76 Å². The van der Waals surface area contributed by atoms with Crippen LogP contribution in [0.1, 0.15) is 39.1 Å². The first-order valence-corrected chi connectivity index (χ1v) is 9.61. The molecule has 4 aromatic rings. The van der Waals surface area contributed by atoms with Gasteiger partial charge in [-0.3, -0.25) is 4.79 Å². The lowest BCUT2D eigenvalue weighted by Crippen LogP contribution is -2.40. The Kier molecular flexibility index (Phi) is 4.12. The smallest absolute Gasteiger partial charge is 0.290 e. The SMILES string of the molecule is COc1ccc(C2c3nc[nH]c3CCN2C(=O)c2cc3cc(C)ccc3o2)cc1. The van der Waals surface area contributed by atoms with Crippen LogP contribution in [-0.2, 0) is 6.42 Å². The number of carbonyl (C=O) groups excluding carboxylic acids is 1. The van der Waals surface area contributed by atoms with Crippen LogP contribution in [0.25, 0.3) is 11.0 Å². The number of methoxy groups -OCH3 is 1. The molecule has 2 aromatic carbocycles. The molecule has 1 aliphatic rings. The molecule has 0 saturated heterocycles. The van der Waals surface area contributed by atoms with Gasteiger partial charge in [-0.15, -0.1) is 0 Å². The standard InChI is InChI=1S/C23H21N3O3/c1-14-3-8-19-16(11-14)12-20(29-19)23(27)26-10-9-18-21(25-13-24-18)22(26)15-4-6-17(28-2)7-5-15/h3-8,11-13,22H,9-10H2,1-2H3,(H,24,25). The summed E-state index contributed by atoms with van der Waals surface area (Å²) in [6.45, 7) is 2.61. The fourth-order valence-electron chi connectivity index (χ4n) is 4.03. The maximum Gasteiger partial charge on any atom is 0.290 e. The van der Waals surface area contributed by atoms with Crippen molar-refractivity contribution in [2.24, 2.45) is 0 Å². The molecule has 2 aromatic heterocycles. The molecule has 1 atom stereocenters. The summed E-state index contributed by atoms with van der Waals surface area (Å²) < 4.78 is 11.2. The fourth-order valence-corrected chi connectivity index (χ4v) is 4.03. The van der Waals surface area contributed by atoms with Crippen LogP contribution in [0.3, 0.4) is 0 Å². The molecular formula is C23H21N3O3. The molecule has 0 spiro atoms. The van der Waals surface area contributed by atoms with Crippen LogP contribution in [0.4, 0.5) is 0 Å². The predicted octanol–water partition coefficient (Wildman–Crippen LogP) is 4.26. The lowest BCUT2D eigenvalue weighted by atomic mass is 9.95. The number of H-pyrrole nitrogens is 1. The number of hydrogen-bond donors (Lipinski definition) is 1. The minimum absolute atomic E-state index is 0.131. The molecular weight excluding hydrogens is 366 g/mol. The van der Waals surface area contributed by atoms with Gasteiger partial charge < -0.3 is 19.0 Å². The maximum absolute atomic E-state index is 13.5. The number of nitrogens with zero attached hydrogens (tertiary/aromatic N) is 2. The van der Waals surface area contributed by atoms with Crippen LogP contribution in [0.2, 0.25) is 0 Å².